The molecule has 2 aromatic rings. The quantitative estimate of drug-likeness (QED) is 0.0643. The fourth-order valence-electron chi connectivity index (χ4n) is 13.5. The van der Waals surface area contributed by atoms with E-state index in [0.29, 0.717) is 37.1 Å². The summed E-state index contributed by atoms with van der Waals surface area (Å²) >= 11 is 0. The second-order valence-electron chi connectivity index (χ2n) is 26.2. The molecule has 1 aromatic heterocycles. The Hall–Kier alpha value is -3.88. The molecule has 0 spiro atoms. The summed E-state index contributed by atoms with van der Waals surface area (Å²) in [6.45, 7) is 21.4. The molecule has 22 heteroatoms. The number of carbonyl (C=O) groups excluding carboxylic acids is 3. The number of hydrogen-bond acceptors (Lipinski definition) is 21. The number of likely N-dealkylation sites (N-methyl/N-ethyl adjacent to an activating group) is 2. The van der Waals surface area contributed by atoms with Gasteiger partial charge < -0.3 is 82.7 Å². The standard InChI is InChI=1S/C63H103N5O17/c1-15-49-63(10,76)55(72)41(6)66(13)35-37(2)33-61(8,75)56(85-60-53(71)48(65(11)12)31-38(3)80-60)39(4)54(40(5)58(73)82-49)84-51-34-62(9,77-14)57(42(7)81-51)83-50(69)23-28-78-29-24-64-43-19-22-47-45(32-43)52(70)46(36-68(47)44-20-21-44)59(74)79-30-27-67-25-17-16-18-26-67/h19,22,32,36-42,44,48-49,51,53-57,60,64,71-72,75-76H,15-18,20-21,23-31,33-35H2,1-14H3/t37-,38-,39+,40-,41-,42+,48+,49-,51?,53-,54+,55-,56-,57+,60?,61-,62+,63-/m1/s1. The molecule has 4 aliphatic heterocycles. The van der Waals surface area contributed by atoms with Crippen molar-refractivity contribution in [2.75, 3.05) is 86.1 Å². The molecular formula is C63H103N5O17. The van der Waals surface area contributed by atoms with Crippen LogP contribution in [0.4, 0.5) is 5.69 Å². The van der Waals surface area contributed by atoms with Crippen LogP contribution in [0.5, 0.6) is 0 Å². The number of piperidine rings is 1. The van der Waals surface area contributed by atoms with Gasteiger partial charge in [0, 0.05) is 74.5 Å². The Labute approximate surface area is 503 Å². The van der Waals surface area contributed by atoms with Crippen molar-refractivity contribution in [1.29, 1.82) is 0 Å². The SMILES string of the molecule is CC[C@H]1OC(=O)[C@H](C)[C@@H](OC2C[C@](C)(OC)[C@@H](OC(=O)CCOCCNc3ccc4c(c3)c(=O)c(C(=O)OCCN3CCCCC3)cn4C3CC3)[C@H](C)O2)[C@H](C)[C@@H](OC2O[C@H](C)C[C@H](N(C)C)[C@H]2O)[C@](C)(O)C[C@@H](C)CN(C)[C@H](C)[C@@H](O)[C@]1(C)O. The van der Waals surface area contributed by atoms with Crippen molar-refractivity contribution in [3.05, 3.63) is 40.2 Å². The lowest BCUT2D eigenvalue weighted by Crippen LogP contribution is -2.61. The number of aromatic nitrogens is 1. The topological polar surface area (TPSA) is 259 Å². The van der Waals surface area contributed by atoms with E-state index >= 15 is 0 Å². The number of methoxy groups -OCH3 is 1. The van der Waals surface area contributed by atoms with Gasteiger partial charge in [-0.1, -0.05) is 27.2 Å². The van der Waals surface area contributed by atoms with Crippen LogP contribution in [0.15, 0.2) is 29.2 Å². The number of pyridine rings is 1. The van der Waals surface area contributed by atoms with Crippen LogP contribution in [0, 0.1) is 17.8 Å². The van der Waals surface area contributed by atoms with E-state index in [1.165, 1.54) is 20.5 Å². The molecule has 4 saturated heterocycles. The molecule has 5 fully saturated rings. The number of nitrogens with zero attached hydrogens (tertiary/aromatic N) is 4. The number of hydrogen-bond donors (Lipinski definition) is 5. The zero-order chi connectivity index (χ0) is 62.3. The maximum absolute atomic E-state index is 14.6. The van der Waals surface area contributed by atoms with Gasteiger partial charge in [-0.15, -0.1) is 0 Å². The summed E-state index contributed by atoms with van der Waals surface area (Å²) in [5.41, 5.74) is -3.60. The van der Waals surface area contributed by atoms with E-state index in [0.717, 1.165) is 44.3 Å². The van der Waals surface area contributed by atoms with Gasteiger partial charge in [0.2, 0.25) is 5.43 Å². The van der Waals surface area contributed by atoms with E-state index in [4.69, 9.17) is 42.6 Å². The number of carbonyl (C=O) groups is 3. The van der Waals surface area contributed by atoms with Gasteiger partial charge in [-0.25, -0.2) is 4.79 Å². The van der Waals surface area contributed by atoms with E-state index in [-0.39, 0.29) is 80.6 Å². The first-order chi connectivity index (χ1) is 40.1. The van der Waals surface area contributed by atoms with Crippen molar-refractivity contribution < 1.29 is 77.4 Å². The molecule has 0 amide bonds. The van der Waals surface area contributed by atoms with Crippen molar-refractivity contribution in [3.63, 3.8) is 0 Å². The first-order valence-corrected chi connectivity index (χ1v) is 31.2. The normalized spacial score (nSPS) is 37.0. The third-order valence-electron chi connectivity index (χ3n) is 18.7. The minimum Gasteiger partial charge on any atom is -0.461 e. The fraction of sp³-hybridized carbons (Fsp3) is 0.810. The van der Waals surface area contributed by atoms with Crippen LogP contribution in [-0.4, -0.2) is 229 Å². The Balaban J connectivity index is 1.01. The van der Waals surface area contributed by atoms with Gasteiger partial charge in [-0.05, 0) is 152 Å². The summed E-state index contributed by atoms with van der Waals surface area (Å²) in [7, 11) is 7.08. The van der Waals surface area contributed by atoms with Gasteiger partial charge in [-0.3, -0.25) is 19.3 Å². The molecule has 5 N–H and O–H groups in total. The van der Waals surface area contributed by atoms with Gasteiger partial charge in [-0.2, -0.15) is 0 Å². The second kappa shape index (κ2) is 29.6. The molecule has 18 atom stereocenters. The second-order valence-corrected chi connectivity index (χ2v) is 26.2. The van der Waals surface area contributed by atoms with Crippen LogP contribution in [-0.2, 0) is 52.2 Å². The monoisotopic (exact) mass is 1200 g/mol. The highest BCUT2D eigenvalue weighted by molar-refractivity contribution is 5.94. The van der Waals surface area contributed by atoms with E-state index < -0.39 is 108 Å². The number of esters is 3. The third-order valence-corrected chi connectivity index (χ3v) is 18.7. The summed E-state index contributed by atoms with van der Waals surface area (Å²) in [6, 6.07) is 4.83. The molecule has 0 radical (unpaired) electrons. The summed E-state index contributed by atoms with van der Waals surface area (Å²) in [5, 5.41) is 52.0. The Morgan fingerprint density at radius 1 is 0.906 bits per heavy atom. The Morgan fingerprint density at radius 3 is 2.27 bits per heavy atom. The molecule has 5 heterocycles. The van der Waals surface area contributed by atoms with E-state index in [9.17, 15) is 39.6 Å². The number of ether oxygens (including phenoxy) is 9. The molecule has 482 valence electrons. The first-order valence-electron chi connectivity index (χ1n) is 31.2. The minimum absolute atomic E-state index is 0.0273. The Kier molecular flexibility index (Phi) is 23.9. The third kappa shape index (κ3) is 16.9. The number of cyclic esters (lactones) is 1. The fourth-order valence-corrected chi connectivity index (χ4v) is 13.5. The maximum atomic E-state index is 14.6. The smallest absolute Gasteiger partial charge is 0.343 e. The van der Waals surface area contributed by atoms with E-state index in [2.05, 4.69) is 10.2 Å². The van der Waals surface area contributed by atoms with Gasteiger partial charge in [0.1, 0.15) is 41.7 Å². The van der Waals surface area contributed by atoms with Crippen molar-refractivity contribution in [2.45, 2.75) is 230 Å². The predicted octanol–water partition coefficient (Wildman–Crippen LogP) is 5.26. The summed E-state index contributed by atoms with van der Waals surface area (Å²) in [5.74, 6) is -4.05. The van der Waals surface area contributed by atoms with Gasteiger partial charge >= 0.3 is 17.9 Å². The molecule has 2 unspecified atom stereocenters. The number of aliphatic hydroxyl groups is 4. The number of rotatable bonds is 20. The zero-order valence-electron chi connectivity index (χ0n) is 53.2. The lowest BCUT2D eigenvalue weighted by Gasteiger charge is -2.49. The average molecular weight is 1200 g/mol. The lowest BCUT2D eigenvalue weighted by molar-refractivity contribution is -0.318. The number of benzene rings is 1. The first kappa shape index (κ1) is 68.6. The van der Waals surface area contributed by atoms with Gasteiger partial charge in [0.25, 0.3) is 0 Å². The highest BCUT2D eigenvalue weighted by atomic mass is 16.7. The maximum Gasteiger partial charge on any atom is 0.343 e. The number of likely N-dealkylation sites (tertiary alicyclic amines) is 1. The molecule has 22 nitrogen and oxygen atoms in total. The van der Waals surface area contributed by atoms with Crippen LogP contribution in [0.2, 0.25) is 0 Å². The molecule has 85 heavy (non-hydrogen) atoms. The largest absolute Gasteiger partial charge is 0.461 e. The number of fused-ring (bicyclic) bond motifs is 1. The van der Waals surface area contributed by atoms with Crippen LogP contribution in [0.25, 0.3) is 10.9 Å². The van der Waals surface area contributed by atoms with Crippen molar-refractivity contribution in [2.24, 2.45) is 17.8 Å². The molecule has 5 aliphatic rings. The predicted molar refractivity (Wildman–Crippen MR) is 319 cm³/mol. The van der Waals surface area contributed by atoms with Crippen molar-refractivity contribution >= 4 is 34.5 Å². The van der Waals surface area contributed by atoms with E-state index in [1.807, 2.05) is 61.5 Å². The molecule has 7 rings (SSSR count). The number of aliphatic hydroxyl groups excluding tert-OH is 2. The summed E-state index contributed by atoms with van der Waals surface area (Å²) in [6.07, 6.45) is -2.20. The van der Waals surface area contributed by atoms with Gasteiger partial charge in [0.15, 0.2) is 18.7 Å². The molecule has 1 aromatic carbocycles. The molecular weight excluding hydrogens is 1100 g/mol. The van der Waals surface area contributed by atoms with Crippen LogP contribution < -0.4 is 10.7 Å². The lowest BCUT2D eigenvalue weighted by atomic mass is 9.77. The van der Waals surface area contributed by atoms with Crippen molar-refractivity contribution in [3.8, 4) is 0 Å². The number of anilines is 1. The van der Waals surface area contributed by atoms with Crippen molar-refractivity contribution in [1.82, 2.24) is 19.3 Å². The summed E-state index contributed by atoms with van der Waals surface area (Å²) in [4.78, 5) is 61.4. The van der Waals surface area contributed by atoms with E-state index in [1.54, 1.807) is 60.7 Å². The van der Waals surface area contributed by atoms with Crippen LogP contribution in [0.1, 0.15) is 150 Å². The van der Waals surface area contributed by atoms with Gasteiger partial charge in [0.05, 0.1) is 61.1 Å². The Morgan fingerprint density at radius 2 is 1.61 bits per heavy atom. The van der Waals surface area contributed by atoms with Crippen LogP contribution >= 0.6 is 0 Å². The average Bonchev–Trinajstić information content (AvgIpc) is 2.39. The zero-order valence-corrected chi connectivity index (χ0v) is 53.2. The highest BCUT2D eigenvalue weighted by Crippen LogP contribution is 2.42. The summed E-state index contributed by atoms with van der Waals surface area (Å²) < 4.78 is 58.5. The minimum atomic E-state index is -1.87. The van der Waals surface area contributed by atoms with Crippen LogP contribution in [0.3, 0.4) is 0 Å². The Bertz CT molecular complexity index is 2580. The molecule has 0 bridgehead atoms. The molecule has 1 aliphatic carbocycles. The number of nitrogens with one attached hydrogen (secondary N) is 1. The highest BCUT2D eigenvalue weighted by Gasteiger charge is 2.54. The molecule has 1 saturated carbocycles.